The van der Waals surface area contributed by atoms with Crippen molar-refractivity contribution in [3.63, 3.8) is 0 Å². The fourth-order valence-corrected chi connectivity index (χ4v) is 2.44. The molecule has 1 heterocycles. The Morgan fingerprint density at radius 2 is 1.89 bits per heavy atom. The van der Waals surface area contributed by atoms with Gasteiger partial charge in [-0.15, -0.1) is 0 Å². The van der Waals surface area contributed by atoms with Crippen LogP contribution in [-0.4, -0.2) is 41.9 Å². The van der Waals surface area contributed by atoms with Gasteiger partial charge in [-0.25, -0.2) is 18.0 Å². The minimum atomic E-state index is -1.66. The standard InChI is InChI=1S/C16H17F3N6O3/c1-7(2)16(14(27)22-15(28)23-16)6-21-13(26)11(5-20)25-24-8-3-9(17)12(19)10(18)4-8/h3-5,7,20,24H,6H2,1-2H3,(H,21,26)(H2,22,23,27,28)/b20-5?,25-11+. The van der Waals surface area contributed by atoms with Gasteiger partial charge in [0.15, 0.2) is 23.2 Å². The fourth-order valence-electron chi connectivity index (χ4n) is 2.44. The first-order chi connectivity index (χ1) is 13.1. The van der Waals surface area contributed by atoms with Crippen molar-refractivity contribution in [1.82, 2.24) is 16.0 Å². The van der Waals surface area contributed by atoms with Gasteiger partial charge in [-0.1, -0.05) is 13.8 Å². The second kappa shape index (κ2) is 8.06. The van der Waals surface area contributed by atoms with Crippen LogP contribution < -0.4 is 21.4 Å². The lowest BCUT2D eigenvalue weighted by Crippen LogP contribution is -2.59. The summed E-state index contributed by atoms with van der Waals surface area (Å²) in [6, 6.07) is 0.539. The average Bonchev–Trinajstić information content (AvgIpc) is 2.92. The number of nitrogens with one attached hydrogen (secondary N) is 5. The quantitative estimate of drug-likeness (QED) is 0.202. The first-order valence-electron chi connectivity index (χ1n) is 8.01. The molecule has 0 radical (unpaired) electrons. The van der Waals surface area contributed by atoms with Crippen molar-refractivity contribution in [3.8, 4) is 0 Å². The monoisotopic (exact) mass is 398 g/mol. The molecule has 9 nitrogen and oxygen atoms in total. The molecule has 0 spiro atoms. The molecular weight excluding hydrogens is 381 g/mol. The molecule has 1 saturated heterocycles. The van der Waals surface area contributed by atoms with Crippen LogP contribution in [0.3, 0.4) is 0 Å². The summed E-state index contributed by atoms with van der Waals surface area (Å²) < 4.78 is 39.3. The number of amides is 4. The normalized spacial score (nSPS) is 19.3. The van der Waals surface area contributed by atoms with Crippen LogP contribution in [0.1, 0.15) is 13.8 Å². The summed E-state index contributed by atoms with van der Waals surface area (Å²) in [5.74, 6) is -6.45. The molecule has 150 valence electrons. The van der Waals surface area contributed by atoms with Crippen molar-refractivity contribution >= 4 is 35.5 Å². The Hall–Kier alpha value is -3.44. The van der Waals surface area contributed by atoms with Crippen molar-refractivity contribution in [2.45, 2.75) is 19.4 Å². The number of imide groups is 1. The Bertz CT molecular complexity index is 850. The lowest BCUT2D eigenvalue weighted by molar-refractivity contribution is -0.125. The molecule has 0 aliphatic carbocycles. The highest BCUT2D eigenvalue weighted by atomic mass is 19.2. The van der Waals surface area contributed by atoms with E-state index in [0.29, 0.717) is 18.3 Å². The Morgan fingerprint density at radius 1 is 1.29 bits per heavy atom. The van der Waals surface area contributed by atoms with Gasteiger partial charge in [-0.05, 0) is 5.92 Å². The van der Waals surface area contributed by atoms with Gasteiger partial charge in [0, 0.05) is 12.1 Å². The number of benzene rings is 1. The summed E-state index contributed by atoms with van der Waals surface area (Å²) >= 11 is 0. The van der Waals surface area contributed by atoms with Crippen LogP contribution in [0.4, 0.5) is 23.7 Å². The van der Waals surface area contributed by atoms with Gasteiger partial charge in [0.25, 0.3) is 11.8 Å². The molecule has 28 heavy (non-hydrogen) atoms. The molecule has 1 fully saturated rings. The molecule has 2 rings (SSSR count). The summed E-state index contributed by atoms with van der Waals surface area (Å²) in [6.07, 6.45) is 0.563. The third-order valence-corrected chi connectivity index (χ3v) is 4.14. The van der Waals surface area contributed by atoms with Crippen molar-refractivity contribution in [3.05, 3.63) is 29.6 Å². The Labute approximate surface area is 157 Å². The predicted molar refractivity (Wildman–Crippen MR) is 93.4 cm³/mol. The molecule has 0 bridgehead atoms. The van der Waals surface area contributed by atoms with E-state index in [9.17, 15) is 27.6 Å². The number of urea groups is 1. The molecule has 12 heteroatoms. The first kappa shape index (κ1) is 20.9. The minimum Gasteiger partial charge on any atom is -0.348 e. The van der Waals surface area contributed by atoms with Crippen LogP contribution >= 0.6 is 0 Å². The number of hydrogen-bond acceptors (Lipinski definition) is 6. The Balaban J connectivity index is 2.11. The maximum Gasteiger partial charge on any atom is 0.322 e. The number of nitrogens with zero attached hydrogens (tertiary/aromatic N) is 1. The summed E-state index contributed by atoms with van der Waals surface area (Å²) in [6.45, 7) is 3.05. The molecule has 1 aromatic rings. The van der Waals surface area contributed by atoms with Gasteiger partial charge in [-0.3, -0.25) is 20.3 Å². The van der Waals surface area contributed by atoms with Gasteiger partial charge >= 0.3 is 6.03 Å². The second-order valence-corrected chi connectivity index (χ2v) is 6.22. The smallest absolute Gasteiger partial charge is 0.322 e. The third kappa shape index (κ3) is 4.10. The topological polar surface area (TPSA) is 136 Å². The lowest BCUT2D eigenvalue weighted by Gasteiger charge is -2.30. The second-order valence-electron chi connectivity index (χ2n) is 6.22. The number of halogens is 3. The van der Waals surface area contributed by atoms with Gasteiger partial charge < -0.3 is 16.0 Å². The largest absolute Gasteiger partial charge is 0.348 e. The predicted octanol–water partition coefficient (Wildman–Crippen LogP) is 0.872. The van der Waals surface area contributed by atoms with E-state index in [1.807, 2.05) is 0 Å². The highest BCUT2D eigenvalue weighted by Gasteiger charge is 2.48. The number of carbonyl (C=O) groups is 3. The zero-order chi connectivity index (χ0) is 21.1. The molecule has 1 aliphatic heterocycles. The zero-order valence-corrected chi connectivity index (χ0v) is 14.8. The highest BCUT2D eigenvalue weighted by Crippen LogP contribution is 2.20. The average molecular weight is 398 g/mol. The van der Waals surface area contributed by atoms with Crippen molar-refractivity contribution in [1.29, 1.82) is 5.41 Å². The highest BCUT2D eigenvalue weighted by molar-refractivity contribution is 6.60. The van der Waals surface area contributed by atoms with Crippen molar-refractivity contribution in [2.75, 3.05) is 12.0 Å². The van der Waals surface area contributed by atoms with Gasteiger partial charge in [-0.2, -0.15) is 5.10 Å². The summed E-state index contributed by atoms with van der Waals surface area (Å²) in [7, 11) is 0. The van der Waals surface area contributed by atoms with Gasteiger partial charge in [0.2, 0.25) is 0 Å². The van der Waals surface area contributed by atoms with E-state index < -0.39 is 46.5 Å². The third-order valence-electron chi connectivity index (χ3n) is 4.14. The summed E-state index contributed by atoms with van der Waals surface area (Å²) in [5.41, 5.74) is -0.0160. The maximum atomic E-state index is 13.2. The van der Waals surface area contributed by atoms with Gasteiger partial charge in [0.1, 0.15) is 5.54 Å². The lowest BCUT2D eigenvalue weighted by atomic mass is 9.86. The van der Waals surface area contributed by atoms with Crippen molar-refractivity contribution < 1.29 is 27.6 Å². The summed E-state index contributed by atoms with van der Waals surface area (Å²) in [5, 5.41) is 17.7. The molecule has 5 N–H and O–H groups in total. The molecule has 1 aliphatic rings. The van der Waals surface area contributed by atoms with E-state index >= 15 is 0 Å². The molecule has 0 saturated carbocycles. The van der Waals surface area contributed by atoms with E-state index in [2.05, 4.69) is 26.5 Å². The molecule has 1 unspecified atom stereocenters. The van der Waals surface area contributed by atoms with E-state index in [-0.39, 0.29) is 18.2 Å². The van der Waals surface area contributed by atoms with E-state index in [1.165, 1.54) is 0 Å². The Kier molecular flexibility index (Phi) is 6.01. The molecule has 1 atom stereocenters. The first-order valence-corrected chi connectivity index (χ1v) is 8.01. The van der Waals surface area contributed by atoms with E-state index in [4.69, 9.17) is 5.41 Å². The van der Waals surface area contributed by atoms with Crippen LogP contribution in [0, 0.1) is 28.8 Å². The number of hydrogen-bond donors (Lipinski definition) is 5. The van der Waals surface area contributed by atoms with Crippen LogP contribution in [0.25, 0.3) is 0 Å². The number of rotatable bonds is 7. The molecule has 1 aromatic carbocycles. The van der Waals surface area contributed by atoms with Crippen LogP contribution in [0.5, 0.6) is 0 Å². The van der Waals surface area contributed by atoms with Crippen molar-refractivity contribution in [2.24, 2.45) is 11.0 Å². The molecule has 4 amide bonds. The number of anilines is 1. The van der Waals surface area contributed by atoms with Crippen LogP contribution in [0.15, 0.2) is 17.2 Å². The SMILES string of the molecule is CC(C)C1(CNC(=O)/C(C=N)=N/Nc2cc(F)c(F)c(F)c2)NC(=O)NC1=O. The maximum absolute atomic E-state index is 13.2. The Morgan fingerprint density at radius 3 is 2.36 bits per heavy atom. The molecule has 0 aromatic heterocycles. The minimum absolute atomic E-state index is 0.284. The zero-order valence-electron chi connectivity index (χ0n) is 14.8. The summed E-state index contributed by atoms with van der Waals surface area (Å²) in [4.78, 5) is 35.7. The fraction of sp³-hybridized carbons (Fsp3) is 0.312. The van der Waals surface area contributed by atoms with Crippen LogP contribution in [0.2, 0.25) is 0 Å². The van der Waals surface area contributed by atoms with Crippen LogP contribution in [-0.2, 0) is 9.59 Å². The van der Waals surface area contributed by atoms with E-state index in [0.717, 1.165) is 0 Å². The molecular formula is C16H17F3N6O3. The number of carbonyl (C=O) groups excluding carboxylic acids is 3. The number of hydrazone groups is 1. The van der Waals surface area contributed by atoms with Gasteiger partial charge in [0.05, 0.1) is 18.4 Å². The van der Waals surface area contributed by atoms with E-state index in [1.54, 1.807) is 13.8 Å².